The molecular weight excluding hydrogens is 406 g/mol. The molecule has 1 aliphatic heterocycles. The second-order valence-corrected chi connectivity index (χ2v) is 10.9. The number of rotatable bonds is 4. The highest BCUT2D eigenvalue weighted by Crippen LogP contribution is 2.63. The summed E-state index contributed by atoms with van der Waals surface area (Å²) in [6.07, 6.45) is 7.31. The van der Waals surface area contributed by atoms with Crippen molar-refractivity contribution in [3.8, 4) is 0 Å². The number of nitrogens with one attached hydrogen (secondary N) is 1. The van der Waals surface area contributed by atoms with Crippen molar-refractivity contribution >= 4 is 27.0 Å². The highest BCUT2D eigenvalue weighted by molar-refractivity contribution is 7.88. The van der Waals surface area contributed by atoms with Crippen molar-refractivity contribution in [3.63, 3.8) is 0 Å². The number of pyridine rings is 1. The molecular formula is C20H27N5O4S. The van der Waals surface area contributed by atoms with Gasteiger partial charge in [-0.1, -0.05) is 0 Å². The molecule has 0 aromatic carbocycles. The van der Waals surface area contributed by atoms with Crippen LogP contribution in [0.1, 0.15) is 44.6 Å². The fourth-order valence-electron chi connectivity index (χ4n) is 5.23. The summed E-state index contributed by atoms with van der Waals surface area (Å²) >= 11 is 0. The van der Waals surface area contributed by atoms with Gasteiger partial charge in [0, 0.05) is 48.2 Å². The van der Waals surface area contributed by atoms with Crippen molar-refractivity contribution in [2.75, 3.05) is 24.7 Å². The Morgan fingerprint density at radius 2 is 1.90 bits per heavy atom. The average Bonchev–Trinajstić information content (AvgIpc) is 3.44. The topological polar surface area (TPSA) is 117 Å². The molecule has 162 valence electrons. The Labute approximate surface area is 175 Å². The maximum Gasteiger partial charge on any atom is 0.252 e. The van der Waals surface area contributed by atoms with E-state index in [-0.39, 0.29) is 29.2 Å². The average molecular weight is 434 g/mol. The van der Waals surface area contributed by atoms with E-state index < -0.39 is 10.0 Å². The molecule has 3 fully saturated rings. The van der Waals surface area contributed by atoms with Crippen molar-refractivity contribution < 1.29 is 13.5 Å². The van der Waals surface area contributed by atoms with Crippen LogP contribution in [-0.4, -0.2) is 63.9 Å². The lowest BCUT2D eigenvalue weighted by molar-refractivity contribution is 0.103. The van der Waals surface area contributed by atoms with Crippen molar-refractivity contribution in [2.45, 2.75) is 56.7 Å². The van der Waals surface area contributed by atoms with E-state index in [9.17, 15) is 18.3 Å². The Morgan fingerprint density at radius 3 is 2.57 bits per heavy atom. The summed E-state index contributed by atoms with van der Waals surface area (Å²) in [4.78, 5) is 21.9. The molecule has 1 spiro atoms. The van der Waals surface area contributed by atoms with E-state index in [4.69, 9.17) is 0 Å². The second-order valence-electron chi connectivity index (χ2n) is 8.94. The third-order valence-corrected chi connectivity index (χ3v) is 8.41. The number of fused-ring (bicyclic) bond motifs is 1. The third kappa shape index (κ3) is 3.30. The van der Waals surface area contributed by atoms with Gasteiger partial charge >= 0.3 is 0 Å². The molecule has 2 aromatic heterocycles. The van der Waals surface area contributed by atoms with E-state index in [2.05, 4.69) is 15.3 Å². The van der Waals surface area contributed by atoms with Gasteiger partial charge in [-0.2, -0.15) is 4.98 Å². The molecule has 2 aliphatic carbocycles. The normalized spacial score (nSPS) is 27.0. The minimum atomic E-state index is -3.16. The summed E-state index contributed by atoms with van der Waals surface area (Å²) in [7, 11) is -3.16. The first-order valence-corrected chi connectivity index (χ1v) is 12.4. The summed E-state index contributed by atoms with van der Waals surface area (Å²) in [6.45, 7) is 0.939. The molecule has 3 aliphatic rings. The van der Waals surface area contributed by atoms with Crippen LogP contribution >= 0.6 is 0 Å². The minimum absolute atomic E-state index is 0.0375. The zero-order chi connectivity index (χ0) is 21.1. The molecule has 2 saturated carbocycles. The summed E-state index contributed by atoms with van der Waals surface area (Å²) in [5, 5.41) is 14.6. The van der Waals surface area contributed by atoms with Gasteiger partial charge in [0.05, 0.1) is 12.4 Å². The Hall–Kier alpha value is -2.04. The number of nitrogens with zero attached hydrogens (tertiary/aromatic N) is 4. The first-order valence-electron chi connectivity index (χ1n) is 10.6. The molecule has 30 heavy (non-hydrogen) atoms. The first-order chi connectivity index (χ1) is 14.3. The number of hydrogen-bond donors (Lipinski definition) is 2. The lowest BCUT2D eigenvalue weighted by Crippen LogP contribution is -2.42. The Bertz CT molecular complexity index is 1140. The quantitative estimate of drug-likeness (QED) is 0.741. The number of hydrogen-bond acceptors (Lipinski definition) is 7. The van der Waals surface area contributed by atoms with Crippen LogP contribution in [0.3, 0.4) is 0 Å². The number of anilines is 1. The van der Waals surface area contributed by atoms with Crippen molar-refractivity contribution in [2.24, 2.45) is 5.41 Å². The zero-order valence-corrected chi connectivity index (χ0v) is 17.8. The fraction of sp³-hybridized carbons (Fsp3) is 0.650. The minimum Gasteiger partial charge on any atom is -0.392 e. The van der Waals surface area contributed by atoms with Gasteiger partial charge in [0.25, 0.3) is 5.56 Å². The predicted molar refractivity (Wildman–Crippen MR) is 113 cm³/mol. The summed E-state index contributed by atoms with van der Waals surface area (Å²) < 4.78 is 26.7. The van der Waals surface area contributed by atoms with Gasteiger partial charge in [0.1, 0.15) is 5.65 Å². The molecule has 3 heterocycles. The Kier molecular flexibility index (Phi) is 4.64. The molecule has 0 unspecified atom stereocenters. The molecule has 5 rings (SSSR count). The number of aromatic nitrogens is 3. The lowest BCUT2D eigenvalue weighted by atomic mass is 9.98. The standard InChI is InChI=1S/C20H27N5O4S/c1-30(28,29)24-10-6-14(7-11-24)22-19-21-12-13-2-5-17(27)25(18(13)23-19)15-3-4-16(26)20(15)8-9-20/h2,5,12,14-16,26H,3-4,6-11H2,1H3,(H,21,22,23)/t15-,16+/m0/s1. The van der Waals surface area contributed by atoms with E-state index in [0.717, 1.165) is 24.6 Å². The molecule has 10 heteroatoms. The molecule has 1 saturated heterocycles. The summed E-state index contributed by atoms with van der Waals surface area (Å²) in [5.41, 5.74) is 0.313. The Morgan fingerprint density at radius 1 is 1.17 bits per heavy atom. The largest absolute Gasteiger partial charge is 0.392 e. The van der Waals surface area contributed by atoms with Crippen LogP contribution in [0.2, 0.25) is 0 Å². The van der Waals surface area contributed by atoms with Crippen LogP contribution < -0.4 is 10.9 Å². The van der Waals surface area contributed by atoms with E-state index in [0.29, 0.717) is 43.9 Å². The molecule has 2 aromatic rings. The number of piperidine rings is 1. The van der Waals surface area contributed by atoms with Crippen LogP contribution in [0.25, 0.3) is 11.0 Å². The second kappa shape index (κ2) is 7.00. The lowest BCUT2D eigenvalue weighted by Gasteiger charge is -2.30. The molecule has 0 radical (unpaired) electrons. The number of aliphatic hydroxyl groups excluding tert-OH is 1. The van der Waals surface area contributed by atoms with Crippen molar-refractivity contribution in [1.29, 1.82) is 0 Å². The highest BCUT2D eigenvalue weighted by atomic mass is 32.2. The zero-order valence-electron chi connectivity index (χ0n) is 17.0. The molecule has 2 atom stereocenters. The fourth-order valence-corrected chi connectivity index (χ4v) is 6.11. The van der Waals surface area contributed by atoms with E-state index in [1.807, 2.05) is 0 Å². The van der Waals surface area contributed by atoms with Gasteiger partial charge in [-0.3, -0.25) is 9.36 Å². The third-order valence-electron chi connectivity index (χ3n) is 7.10. The molecule has 0 amide bonds. The van der Waals surface area contributed by atoms with Crippen molar-refractivity contribution in [3.05, 3.63) is 28.7 Å². The Balaban J connectivity index is 1.43. The van der Waals surface area contributed by atoms with Crippen LogP contribution in [0.15, 0.2) is 23.1 Å². The maximum atomic E-state index is 12.8. The maximum absolute atomic E-state index is 12.8. The van der Waals surface area contributed by atoms with Crippen LogP contribution in [-0.2, 0) is 10.0 Å². The first kappa shape index (κ1) is 19.9. The van der Waals surface area contributed by atoms with Crippen LogP contribution in [0.5, 0.6) is 0 Å². The smallest absolute Gasteiger partial charge is 0.252 e. The number of sulfonamides is 1. The molecule has 2 N–H and O–H groups in total. The highest BCUT2D eigenvalue weighted by Gasteiger charge is 2.59. The van der Waals surface area contributed by atoms with Gasteiger partial charge in [0.15, 0.2) is 0 Å². The van der Waals surface area contributed by atoms with Gasteiger partial charge in [-0.15, -0.1) is 0 Å². The molecule has 9 nitrogen and oxygen atoms in total. The summed E-state index contributed by atoms with van der Waals surface area (Å²) in [6, 6.07) is 3.34. The van der Waals surface area contributed by atoms with Gasteiger partial charge in [0.2, 0.25) is 16.0 Å². The van der Waals surface area contributed by atoms with Gasteiger partial charge < -0.3 is 10.4 Å². The molecule has 0 bridgehead atoms. The summed E-state index contributed by atoms with van der Waals surface area (Å²) in [5.74, 6) is 0.447. The van der Waals surface area contributed by atoms with E-state index in [1.165, 1.54) is 10.6 Å². The van der Waals surface area contributed by atoms with E-state index >= 15 is 0 Å². The monoisotopic (exact) mass is 433 g/mol. The van der Waals surface area contributed by atoms with Crippen LogP contribution in [0, 0.1) is 5.41 Å². The van der Waals surface area contributed by atoms with Gasteiger partial charge in [-0.05, 0) is 44.6 Å². The van der Waals surface area contributed by atoms with Crippen molar-refractivity contribution in [1.82, 2.24) is 18.8 Å². The SMILES string of the molecule is CS(=O)(=O)N1CCC(Nc2ncc3ccc(=O)n([C@H]4CC[C@@H](O)C45CC5)c3n2)CC1. The van der Waals surface area contributed by atoms with Crippen LogP contribution in [0.4, 0.5) is 5.95 Å². The van der Waals surface area contributed by atoms with E-state index in [1.54, 1.807) is 22.9 Å². The predicted octanol–water partition coefficient (Wildman–Crippen LogP) is 1.10. The van der Waals surface area contributed by atoms with Gasteiger partial charge in [-0.25, -0.2) is 17.7 Å². The number of aliphatic hydroxyl groups is 1.